The molecule has 84 valence electrons. The predicted molar refractivity (Wildman–Crippen MR) is 61.4 cm³/mol. The predicted octanol–water partition coefficient (Wildman–Crippen LogP) is 2.48. The molecule has 0 unspecified atom stereocenters. The molecule has 1 heterocycles. The normalized spacial score (nSPS) is 20.4. The lowest BCUT2D eigenvalue weighted by atomic mass is 9.89. The van der Waals surface area contributed by atoms with E-state index in [0.717, 1.165) is 18.0 Å². The largest absolute Gasteiger partial charge is 0.324 e. The number of nitrogens with zero attached hydrogens (tertiary/aromatic N) is 2. The maximum atomic E-state index is 5.81. The van der Waals surface area contributed by atoms with Gasteiger partial charge in [0, 0.05) is 24.3 Å². The van der Waals surface area contributed by atoms with E-state index in [4.69, 9.17) is 5.73 Å². The van der Waals surface area contributed by atoms with Crippen molar-refractivity contribution in [3.63, 3.8) is 0 Å². The van der Waals surface area contributed by atoms with Crippen LogP contribution >= 0.6 is 0 Å². The van der Waals surface area contributed by atoms with Gasteiger partial charge in [-0.2, -0.15) is 5.10 Å². The van der Waals surface area contributed by atoms with E-state index in [-0.39, 0.29) is 6.04 Å². The minimum atomic E-state index is 0.102. The zero-order chi connectivity index (χ0) is 10.7. The Balaban J connectivity index is 1.91. The second-order valence-corrected chi connectivity index (χ2v) is 4.79. The Labute approximate surface area is 91.7 Å². The van der Waals surface area contributed by atoms with Gasteiger partial charge in [0.1, 0.15) is 0 Å². The van der Waals surface area contributed by atoms with Crippen molar-refractivity contribution in [2.45, 2.75) is 51.6 Å². The Morgan fingerprint density at radius 2 is 2.20 bits per heavy atom. The summed E-state index contributed by atoms with van der Waals surface area (Å²) in [5.74, 6) is 0.833. The Hall–Kier alpha value is -0.830. The maximum absolute atomic E-state index is 5.81. The van der Waals surface area contributed by atoms with Gasteiger partial charge in [-0.25, -0.2) is 0 Å². The van der Waals surface area contributed by atoms with Crippen molar-refractivity contribution < 1.29 is 0 Å². The fraction of sp³-hybridized carbons (Fsp3) is 0.750. The third kappa shape index (κ3) is 2.81. The molecule has 2 N–H and O–H groups in total. The lowest BCUT2D eigenvalue weighted by Crippen LogP contribution is -2.14. The average Bonchev–Trinajstić information content (AvgIpc) is 2.68. The Kier molecular flexibility index (Phi) is 3.41. The van der Waals surface area contributed by atoms with E-state index in [1.54, 1.807) is 0 Å². The van der Waals surface area contributed by atoms with Gasteiger partial charge in [-0.15, -0.1) is 0 Å². The van der Waals surface area contributed by atoms with Crippen LogP contribution in [0.2, 0.25) is 0 Å². The van der Waals surface area contributed by atoms with E-state index < -0.39 is 0 Å². The van der Waals surface area contributed by atoms with Crippen LogP contribution in [0.15, 0.2) is 12.4 Å². The molecule has 0 aliphatic heterocycles. The minimum Gasteiger partial charge on any atom is -0.324 e. The van der Waals surface area contributed by atoms with Gasteiger partial charge in [-0.3, -0.25) is 4.68 Å². The zero-order valence-electron chi connectivity index (χ0n) is 9.52. The summed E-state index contributed by atoms with van der Waals surface area (Å²) in [5.41, 5.74) is 6.95. The van der Waals surface area contributed by atoms with E-state index in [1.807, 2.05) is 13.1 Å². The molecular formula is C12H21N3. The molecule has 3 heteroatoms. The highest BCUT2D eigenvalue weighted by atomic mass is 15.3. The molecule has 1 aliphatic carbocycles. The molecule has 0 aromatic carbocycles. The van der Waals surface area contributed by atoms with E-state index >= 15 is 0 Å². The van der Waals surface area contributed by atoms with Crippen molar-refractivity contribution in [1.82, 2.24) is 9.78 Å². The van der Waals surface area contributed by atoms with Crippen LogP contribution in [0, 0.1) is 5.92 Å². The molecule has 0 saturated heterocycles. The second kappa shape index (κ2) is 4.79. The summed E-state index contributed by atoms with van der Waals surface area (Å²) in [7, 11) is 0. The molecule has 2 rings (SSSR count). The van der Waals surface area contributed by atoms with Crippen LogP contribution in [0.5, 0.6) is 0 Å². The van der Waals surface area contributed by atoms with E-state index in [2.05, 4.69) is 16.0 Å². The van der Waals surface area contributed by atoms with Gasteiger partial charge in [-0.05, 0) is 25.7 Å². The molecule has 15 heavy (non-hydrogen) atoms. The van der Waals surface area contributed by atoms with Crippen molar-refractivity contribution in [2.75, 3.05) is 0 Å². The van der Waals surface area contributed by atoms with Crippen LogP contribution in [0.25, 0.3) is 0 Å². The highest BCUT2D eigenvalue weighted by molar-refractivity contribution is 5.08. The third-order valence-corrected chi connectivity index (χ3v) is 3.35. The lowest BCUT2D eigenvalue weighted by Gasteiger charge is -2.21. The molecule has 1 aliphatic rings. The topological polar surface area (TPSA) is 43.8 Å². The summed E-state index contributed by atoms with van der Waals surface area (Å²) >= 11 is 0. The number of hydrogen-bond acceptors (Lipinski definition) is 2. The first-order valence-electron chi connectivity index (χ1n) is 6.03. The van der Waals surface area contributed by atoms with Crippen molar-refractivity contribution >= 4 is 0 Å². The monoisotopic (exact) mass is 207 g/mol. The summed E-state index contributed by atoms with van der Waals surface area (Å²) in [6, 6.07) is 0.102. The zero-order valence-corrected chi connectivity index (χ0v) is 9.52. The molecule has 0 bridgehead atoms. The molecule has 1 saturated carbocycles. The number of hydrogen-bond donors (Lipinski definition) is 1. The van der Waals surface area contributed by atoms with Gasteiger partial charge in [-0.1, -0.05) is 19.3 Å². The molecule has 1 fully saturated rings. The van der Waals surface area contributed by atoms with Crippen LogP contribution in [-0.4, -0.2) is 9.78 Å². The molecule has 0 radical (unpaired) electrons. The van der Waals surface area contributed by atoms with Gasteiger partial charge in [0.2, 0.25) is 0 Å². The van der Waals surface area contributed by atoms with Crippen LogP contribution in [0.1, 0.15) is 50.6 Å². The first-order chi connectivity index (χ1) is 7.25. The smallest absolute Gasteiger partial charge is 0.0537 e. The molecular weight excluding hydrogens is 186 g/mol. The van der Waals surface area contributed by atoms with Gasteiger partial charge in [0.15, 0.2) is 0 Å². The molecule has 1 atom stereocenters. The second-order valence-electron chi connectivity index (χ2n) is 4.79. The number of aromatic nitrogens is 2. The Bertz CT molecular complexity index is 298. The summed E-state index contributed by atoms with van der Waals surface area (Å²) in [4.78, 5) is 0. The highest BCUT2D eigenvalue weighted by Crippen LogP contribution is 2.25. The lowest BCUT2D eigenvalue weighted by molar-refractivity contribution is 0.308. The van der Waals surface area contributed by atoms with Crippen LogP contribution in [0.4, 0.5) is 0 Å². The van der Waals surface area contributed by atoms with E-state index in [0.29, 0.717) is 0 Å². The Morgan fingerprint density at radius 1 is 1.47 bits per heavy atom. The van der Waals surface area contributed by atoms with Crippen LogP contribution in [-0.2, 0) is 6.54 Å². The third-order valence-electron chi connectivity index (χ3n) is 3.35. The number of rotatable bonds is 3. The summed E-state index contributed by atoms with van der Waals surface area (Å²) in [6.07, 6.45) is 10.9. The molecule has 1 aromatic rings. The minimum absolute atomic E-state index is 0.102. The average molecular weight is 207 g/mol. The van der Waals surface area contributed by atoms with Crippen LogP contribution < -0.4 is 5.73 Å². The Morgan fingerprint density at radius 3 is 2.80 bits per heavy atom. The van der Waals surface area contributed by atoms with Crippen molar-refractivity contribution in [2.24, 2.45) is 11.7 Å². The first kappa shape index (κ1) is 10.7. The van der Waals surface area contributed by atoms with Crippen molar-refractivity contribution in [3.05, 3.63) is 18.0 Å². The quantitative estimate of drug-likeness (QED) is 0.827. The van der Waals surface area contributed by atoms with Crippen molar-refractivity contribution in [1.29, 1.82) is 0 Å². The fourth-order valence-electron chi connectivity index (χ4n) is 2.35. The van der Waals surface area contributed by atoms with Gasteiger partial charge in [0.25, 0.3) is 0 Å². The van der Waals surface area contributed by atoms with Gasteiger partial charge in [0.05, 0.1) is 6.20 Å². The molecule has 0 amide bonds. The maximum Gasteiger partial charge on any atom is 0.0537 e. The SMILES string of the molecule is C[C@@H](N)c1cnn(CC2CCCCC2)c1. The first-order valence-corrected chi connectivity index (χ1v) is 6.03. The van der Waals surface area contributed by atoms with E-state index in [1.165, 1.54) is 32.1 Å². The summed E-state index contributed by atoms with van der Waals surface area (Å²) < 4.78 is 2.06. The summed E-state index contributed by atoms with van der Waals surface area (Å²) in [5, 5.41) is 4.37. The van der Waals surface area contributed by atoms with Crippen LogP contribution in [0.3, 0.4) is 0 Å². The number of nitrogens with two attached hydrogens (primary N) is 1. The molecule has 0 spiro atoms. The van der Waals surface area contributed by atoms with Crippen molar-refractivity contribution in [3.8, 4) is 0 Å². The summed E-state index contributed by atoms with van der Waals surface area (Å²) in [6.45, 7) is 3.08. The highest BCUT2D eigenvalue weighted by Gasteiger charge is 2.14. The fourth-order valence-corrected chi connectivity index (χ4v) is 2.35. The van der Waals surface area contributed by atoms with E-state index in [9.17, 15) is 0 Å². The van der Waals surface area contributed by atoms with Gasteiger partial charge >= 0.3 is 0 Å². The molecule has 3 nitrogen and oxygen atoms in total. The standard InChI is InChI=1S/C12H21N3/c1-10(13)12-7-14-15(9-12)8-11-5-3-2-4-6-11/h7,9-11H,2-6,8,13H2,1H3/t10-/m1/s1. The van der Waals surface area contributed by atoms with Gasteiger partial charge < -0.3 is 5.73 Å². The molecule has 1 aromatic heterocycles.